The molecular weight excluding hydrogens is 222 g/mol. The molecule has 1 unspecified atom stereocenters. The Kier molecular flexibility index (Phi) is 4.69. The Morgan fingerprint density at radius 2 is 2.38 bits per heavy atom. The van der Waals surface area contributed by atoms with E-state index in [9.17, 15) is 4.79 Å². The van der Waals surface area contributed by atoms with Crippen molar-refractivity contribution >= 4 is 17.0 Å². The van der Waals surface area contributed by atoms with Crippen molar-refractivity contribution in [3.8, 4) is 12.3 Å². The van der Waals surface area contributed by atoms with E-state index in [0.717, 1.165) is 6.42 Å². The molecule has 0 radical (unpaired) electrons. The van der Waals surface area contributed by atoms with Crippen LogP contribution in [0.3, 0.4) is 0 Å². The summed E-state index contributed by atoms with van der Waals surface area (Å²) in [6, 6.07) is 0. The number of carbonyl (C=O) groups excluding carboxylic acids is 1. The van der Waals surface area contributed by atoms with Crippen molar-refractivity contribution in [2.45, 2.75) is 44.6 Å². The van der Waals surface area contributed by atoms with E-state index < -0.39 is 0 Å². The van der Waals surface area contributed by atoms with Crippen molar-refractivity contribution in [2.75, 3.05) is 13.2 Å². The number of hydrogen-bond donors (Lipinski definition) is 0. The van der Waals surface area contributed by atoms with Crippen LogP contribution in [-0.2, 0) is 4.74 Å². The van der Waals surface area contributed by atoms with Crippen molar-refractivity contribution in [2.24, 2.45) is 0 Å². The van der Waals surface area contributed by atoms with E-state index in [0.29, 0.717) is 19.6 Å². The largest absolute Gasteiger partial charge is 0.359 e. The first kappa shape index (κ1) is 13.4. The van der Waals surface area contributed by atoms with Crippen LogP contribution in [0.2, 0.25) is 0 Å². The molecule has 4 heteroatoms. The highest BCUT2D eigenvalue weighted by Gasteiger charge is 2.39. The molecule has 0 N–H and O–H groups in total. The van der Waals surface area contributed by atoms with Crippen LogP contribution in [0.5, 0.6) is 0 Å². The zero-order chi connectivity index (χ0) is 12.2. The fourth-order valence-corrected chi connectivity index (χ4v) is 2.77. The summed E-state index contributed by atoms with van der Waals surface area (Å²) in [6.45, 7) is 7.28. The van der Waals surface area contributed by atoms with Crippen LogP contribution >= 0.6 is 11.8 Å². The van der Waals surface area contributed by atoms with Crippen LogP contribution in [0.1, 0.15) is 33.6 Å². The molecule has 90 valence electrons. The maximum absolute atomic E-state index is 11.9. The summed E-state index contributed by atoms with van der Waals surface area (Å²) in [5, 5.41) is 0.0740. The predicted octanol–water partition coefficient (Wildman–Crippen LogP) is 2.71. The number of carbonyl (C=O) groups is 1. The number of ether oxygens (including phenoxy) is 1. The van der Waals surface area contributed by atoms with Crippen LogP contribution in [0.15, 0.2) is 0 Å². The van der Waals surface area contributed by atoms with Gasteiger partial charge in [-0.25, -0.2) is 0 Å². The molecule has 1 rings (SSSR count). The molecule has 1 aliphatic rings. The first-order valence-electron chi connectivity index (χ1n) is 5.55. The molecule has 1 saturated heterocycles. The normalized spacial score (nSPS) is 24.2. The fourth-order valence-electron chi connectivity index (χ4n) is 1.75. The van der Waals surface area contributed by atoms with E-state index in [-0.39, 0.29) is 16.2 Å². The standard InChI is InChI=1S/C12H19NO2S/c1-5-7-8-13-10(15-6-2)9-12(3,4)16-11(13)14/h1,10H,6-9H2,2-4H3. The van der Waals surface area contributed by atoms with Crippen LogP contribution in [0.25, 0.3) is 0 Å². The number of hydrogen-bond acceptors (Lipinski definition) is 3. The van der Waals surface area contributed by atoms with Gasteiger partial charge in [-0.2, -0.15) is 0 Å². The third-order valence-corrected chi connectivity index (χ3v) is 3.60. The van der Waals surface area contributed by atoms with Gasteiger partial charge in [-0.15, -0.1) is 12.3 Å². The van der Waals surface area contributed by atoms with E-state index in [4.69, 9.17) is 11.2 Å². The van der Waals surface area contributed by atoms with E-state index in [1.54, 1.807) is 4.90 Å². The first-order valence-corrected chi connectivity index (χ1v) is 6.36. The van der Waals surface area contributed by atoms with Gasteiger partial charge in [0.25, 0.3) is 5.24 Å². The van der Waals surface area contributed by atoms with Gasteiger partial charge in [0.15, 0.2) is 0 Å². The Bertz CT molecular complexity index is 296. The summed E-state index contributed by atoms with van der Waals surface area (Å²) in [4.78, 5) is 13.7. The molecule has 1 heterocycles. The summed E-state index contributed by atoms with van der Waals surface area (Å²) in [6.07, 6.45) is 6.53. The lowest BCUT2D eigenvalue weighted by atomic mass is 10.1. The van der Waals surface area contributed by atoms with Crippen molar-refractivity contribution in [3.63, 3.8) is 0 Å². The lowest BCUT2D eigenvalue weighted by molar-refractivity contribution is -0.0385. The van der Waals surface area contributed by atoms with Crippen LogP contribution in [0, 0.1) is 12.3 Å². The highest BCUT2D eigenvalue weighted by atomic mass is 32.2. The third-order valence-electron chi connectivity index (χ3n) is 2.47. The predicted molar refractivity (Wildman–Crippen MR) is 67.3 cm³/mol. The minimum absolute atomic E-state index is 0.0520. The second-order valence-corrected chi connectivity index (χ2v) is 6.05. The highest BCUT2D eigenvalue weighted by molar-refractivity contribution is 8.14. The summed E-state index contributed by atoms with van der Waals surface area (Å²) >= 11 is 1.37. The van der Waals surface area contributed by atoms with E-state index >= 15 is 0 Å². The minimum atomic E-state index is -0.123. The maximum Gasteiger partial charge on any atom is 0.284 e. The minimum Gasteiger partial charge on any atom is -0.359 e. The van der Waals surface area contributed by atoms with Gasteiger partial charge in [-0.1, -0.05) is 25.6 Å². The van der Waals surface area contributed by atoms with Crippen molar-refractivity contribution in [1.82, 2.24) is 4.90 Å². The SMILES string of the molecule is C#CCCN1C(=O)SC(C)(C)CC1OCC. The molecular formula is C12H19NO2S. The van der Waals surface area contributed by atoms with Gasteiger partial charge in [0.05, 0.1) is 0 Å². The zero-order valence-corrected chi connectivity index (χ0v) is 11.0. The van der Waals surface area contributed by atoms with E-state index in [2.05, 4.69) is 19.8 Å². The van der Waals surface area contributed by atoms with Crippen LogP contribution in [0.4, 0.5) is 4.79 Å². The molecule has 1 fully saturated rings. The molecule has 1 amide bonds. The molecule has 0 aliphatic carbocycles. The highest BCUT2D eigenvalue weighted by Crippen LogP contribution is 2.38. The van der Waals surface area contributed by atoms with Gasteiger partial charge in [0, 0.05) is 30.7 Å². The smallest absolute Gasteiger partial charge is 0.284 e. The average molecular weight is 241 g/mol. The molecule has 0 aromatic rings. The molecule has 0 aromatic carbocycles. The van der Waals surface area contributed by atoms with Gasteiger partial charge in [0.1, 0.15) is 6.23 Å². The third kappa shape index (κ3) is 3.43. The molecule has 16 heavy (non-hydrogen) atoms. The number of terminal acetylenes is 1. The molecule has 0 saturated carbocycles. The Balaban J connectivity index is 2.71. The van der Waals surface area contributed by atoms with Crippen molar-refractivity contribution < 1.29 is 9.53 Å². The second-order valence-electron chi connectivity index (χ2n) is 4.39. The van der Waals surface area contributed by atoms with Crippen LogP contribution < -0.4 is 0 Å². The summed E-state index contributed by atoms with van der Waals surface area (Å²) in [7, 11) is 0. The Hall–Kier alpha value is -0.660. The topological polar surface area (TPSA) is 29.5 Å². The molecule has 1 atom stereocenters. The van der Waals surface area contributed by atoms with E-state index in [1.807, 2.05) is 6.92 Å². The lowest BCUT2D eigenvalue weighted by Crippen LogP contribution is -2.49. The van der Waals surface area contributed by atoms with Gasteiger partial charge >= 0.3 is 0 Å². The Morgan fingerprint density at radius 1 is 1.69 bits per heavy atom. The fraction of sp³-hybridized carbons (Fsp3) is 0.750. The van der Waals surface area contributed by atoms with Crippen molar-refractivity contribution in [1.29, 1.82) is 0 Å². The number of thioether (sulfide) groups is 1. The number of rotatable bonds is 4. The maximum atomic E-state index is 11.9. The van der Waals surface area contributed by atoms with Gasteiger partial charge in [-0.05, 0) is 6.92 Å². The molecule has 0 aromatic heterocycles. The molecule has 1 aliphatic heterocycles. The molecule has 0 bridgehead atoms. The van der Waals surface area contributed by atoms with E-state index in [1.165, 1.54) is 11.8 Å². The second kappa shape index (κ2) is 5.60. The molecule has 0 spiro atoms. The Morgan fingerprint density at radius 3 is 2.94 bits per heavy atom. The van der Waals surface area contributed by atoms with Crippen molar-refractivity contribution in [3.05, 3.63) is 0 Å². The van der Waals surface area contributed by atoms with Gasteiger partial charge in [0.2, 0.25) is 0 Å². The Labute approximate surface area is 102 Å². The summed E-state index contributed by atoms with van der Waals surface area (Å²) in [5.41, 5.74) is 0. The lowest BCUT2D eigenvalue weighted by Gasteiger charge is -2.41. The van der Waals surface area contributed by atoms with Gasteiger partial charge < -0.3 is 9.64 Å². The summed E-state index contributed by atoms with van der Waals surface area (Å²) in [5.74, 6) is 2.56. The monoisotopic (exact) mass is 241 g/mol. The number of amides is 1. The quantitative estimate of drug-likeness (QED) is 0.709. The zero-order valence-electron chi connectivity index (χ0n) is 10.2. The summed E-state index contributed by atoms with van der Waals surface area (Å²) < 4.78 is 5.57. The first-order chi connectivity index (χ1) is 7.50. The molecule has 3 nitrogen and oxygen atoms in total. The van der Waals surface area contributed by atoms with Gasteiger partial charge in [-0.3, -0.25) is 4.79 Å². The average Bonchev–Trinajstić information content (AvgIpc) is 2.15. The number of nitrogens with zero attached hydrogens (tertiary/aromatic N) is 1. The van der Waals surface area contributed by atoms with Crippen LogP contribution in [-0.4, -0.2) is 34.3 Å².